The van der Waals surface area contributed by atoms with E-state index in [4.69, 9.17) is 0 Å². The molecular weight excluding hydrogens is 394 g/mol. The minimum Gasteiger partial charge on any atom is -0.743 e. The van der Waals surface area contributed by atoms with Crippen LogP contribution in [0.4, 0.5) is 0 Å². The molecule has 182 valence electrons. The molecule has 0 bridgehead atoms. The van der Waals surface area contributed by atoms with E-state index in [1.807, 2.05) is 6.92 Å². The molecule has 5 heteroatoms. The number of quaternary nitrogens is 1. The Balaban J connectivity index is 4.47. The predicted octanol–water partition coefficient (Wildman–Crippen LogP) is 7.39. The molecule has 0 heterocycles. The van der Waals surface area contributed by atoms with Gasteiger partial charge in [0.05, 0.1) is 19.6 Å². The molecule has 0 aromatic carbocycles. The average molecular weight is 448 g/mol. The van der Waals surface area contributed by atoms with Crippen LogP contribution in [0.3, 0.4) is 0 Å². The summed E-state index contributed by atoms with van der Waals surface area (Å²) in [6.45, 7) is 10.9. The molecule has 0 saturated carbocycles. The van der Waals surface area contributed by atoms with Crippen LogP contribution >= 0.6 is 0 Å². The first-order valence-electron chi connectivity index (χ1n) is 13.2. The summed E-state index contributed by atoms with van der Waals surface area (Å²) in [5.74, 6) is 0. The number of rotatable bonds is 22. The lowest BCUT2D eigenvalue weighted by Crippen LogP contribution is -2.59. The van der Waals surface area contributed by atoms with Crippen LogP contribution in [0.25, 0.3) is 0 Å². The van der Waals surface area contributed by atoms with Crippen molar-refractivity contribution in [3.05, 3.63) is 0 Å². The standard InChI is InChI=1S/C25H53NO3S/c1-5-9-12-13-14-15-16-17-18-19-20-21-24-26(22-10-6-2,23-11-7-3)25(8-4)30(27,28)29/h25H,5-24H2,1-4H3. The van der Waals surface area contributed by atoms with Gasteiger partial charge in [0.2, 0.25) is 0 Å². The third kappa shape index (κ3) is 13.3. The van der Waals surface area contributed by atoms with Crippen LogP contribution in [0.2, 0.25) is 0 Å². The van der Waals surface area contributed by atoms with Crippen molar-refractivity contribution in [1.29, 1.82) is 0 Å². The second-order valence-electron chi connectivity index (χ2n) is 9.34. The lowest BCUT2D eigenvalue weighted by molar-refractivity contribution is -0.939. The summed E-state index contributed by atoms with van der Waals surface area (Å²) < 4.78 is 36.8. The van der Waals surface area contributed by atoms with Crippen molar-refractivity contribution in [1.82, 2.24) is 0 Å². The third-order valence-electron chi connectivity index (χ3n) is 6.66. The molecule has 0 aliphatic carbocycles. The van der Waals surface area contributed by atoms with Crippen LogP contribution in [0.15, 0.2) is 0 Å². The van der Waals surface area contributed by atoms with Gasteiger partial charge in [0.1, 0.15) is 10.1 Å². The van der Waals surface area contributed by atoms with Gasteiger partial charge in [0, 0.05) is 6.42 Å². The molecule has 0 aromatic heterocycles. The fourth-order valence-corrected chi connectivity index (χ4v) is 6.12. The van der Waals surface area contributed by atoms with E-state index < -0.39 is 15.5 Å². The highest BCUT2D eigenvalue weighted by atomic mass is 32.2. The highest BCUT2D eigenvalue weighted by Crippen LogP contribution is 2.26. The molecule has 0 radical (unpaired) electrons. The Hall–Kier alpha value is -0.130. The lowest BCUT2D eigenvalue weighted by Gasteiger charge is -2.45. The maximum Gasteiger partial charge on any atom is 0.178 e. The molecule has 0 aliphatic heterocycles. The smallest absolute Gasteiger partial charge is 0.178 e. The number of hydrogen-bond acceptors (Lipinski definition) is 3. The van der Waals surface area contributed by atoms with Crippen molar-refractivity contribution < 1.29 is 17.5 Å². The Morgan fingerprint density at radius 2 is 0.900 bits per heavy atom. The minimum atomic E-state index is -4.28. The minimum absolute atomic E-state index is 0.428. The van der Waals surface area contributed by atoms with Crippen LogP contribution in [-0.2, 0) is 10.1 Å². The van der Waals surface area contributed by atoms with Crippen LogP contribution in [-0.4, -0.2) is 42.5 Å². The van der Waals surface area contributed by atoms with E-state index in [0.29, 0.717) is 10.9 Å². The van der Waals surface area contributed by atoms with Gasteiger partial charge in [0.25, 0.3) is 0 Å². The van der Waals surface area contributed by atoms with Gasteiger partial charge < -0.3 is 9.04 Å². The van der Waals surface area contributed by atoms with Crippen LogP contribution in [0.5, 0.6) is 0 Å². The highest BCUT2D eigenvalue weighted by molar-refractivity contribution is 7.86. The second-order valence-corrected chi connectivity index (χ2v) is 10.9. The summed E-state index contributed by atoms with van der Waals surface area (Å²) in [4.78, 5) is 0. The van der Waals surface area contributed by atoms with E-state index >= 15 is 0 Å². The quantitative estimate of drug-likeness (QED) is 0.0987. The zero-order valence-corrected chi connectivity index (χ0v) is 21.6. The van der Waals surface area contributed by atoms with E-state index in [9.17, 15) is 13.0 Å². The Morgan fingerprint density at radius 3 is 1.23 bits per heavy atom. The Morgan fingerprint density at radius 1 is 0.567 bits per heavy atom. The van der Waals surface area contributed by atoms with E-state index in [1.165, 1.54) is 64.2 Å². The Bertz CT molecular complexity index is 471. The first kappa shape index (κ1) is 29.9. The molecular formula is C25H53NO3S. The van der Waals surface area contributed by atoms with Crippen molar-refractivity contribution in [3.63, 3.8) is 0 Å². The number of hydrogen-bond donors (Lipinski definition) is 0. The largest absolute Gasteiger partial charge is 0.743 e. The fraction of sp³-hybridized carbons (Fsp3) is 1.00. The summed E-state index contributed by atoms with van der Waals surface area (Å²) in [7, 11) is -4.28. The normalized spacial score (nSPS) is 13.6. The van der Waals surface area contributed by atoms with Crippen LogP contribution in [0.1, 0.15) is 137 Å². The van der Waals surface area contributed by atoms with Gasteiger partial charge in [-0.15, -0.1) is 0 Å². The molecule has 0 saturated heterocycles. The molecule has 1 unspecified atom stereocenters. The zero-order chi connectivity index (χ0) is 22.7. The van der Waals surface area contributed by atoms with E-state index in [2.05, 4.69) is 20.8 Å². The van der Waals surface area contributed by atoms with Crippen LogP contribution in [0, 0.1) is 0 Å². The Kier molecular flexibility index (Phi) is 18.4. The number of nitrogens with zero attached hydrogens (tertiary/aromatic N) is 1. The molecule has 0 amide bonds. The summed E-state index contributed by atoms with van der Waals surface area (Å²) in [5, 5.41) is -0.775. The van der Waals surface area contributed by atoms with Crippen molar-refractivity contribution >= 4 is 10.1 Å². The van der Waals surface area contributed by atoms with Crippen molar-refractivity contribution in [2.24, 2.45) is 0 Å². The first-order chi connectivity index (χ1) is 14.4. The molecule has 0 N–H and O–H groups in total. The molecule has 0 aliphatic rings. The monoisotopic (exact) mass is 447 g/mol. The van der Waals surface area contributed by atoms with Crippen molar-refractivity contribution in [2.75, 3.05) is 19.6 Å². The molecule has 30 heavy (non-hydrogen) atoms. The summed E-state index contributed by atoms with van der Waals surface area (Å²) in [5.41, 5.74) is 0. The molecule has 0 fully saturated rings. The van der Waals surface area contributed by atoms with E-state index in [0.717, 1.165) is 58.2 Å². The van der Waals surface area contributed by atoms with Gasteiger partial charge in [-0.1, -0.05) is 105 Å². The maximum atomic E-state index is 12.1. The summed E-state index contributed by atoms with van der Waals surface area (Å²) in [6.07, 6.45) is 20.1. The number of unbranched alkanes of at least 4 members (excludes halogenated alkanes) is 13. The van der Waals surface area contributed by atoms with Crippen molar-refractivity contribution in [2.45, 2.75) is 142 Å². The van der Waals surface area contributed by atoms with E-state index in [-0.39, 0.29) is 0 Å². The molecule has 4 nitrogen and oxygen atoms in total. The molecule has 1 atom stereocenters. The topological polar surface area (TPSA) is 57.2 Å². The second kappa shape index (κ2) is 18.4. The zero-order valence-electron chi connectivity index (χ0n) is 20.8. The average Bonchev–Trinajstić information content (AvgIpc) is 2.70. The fourth-order valence-electron chi connectivity index (χ4n) is 4.85. The highest BCUT2D eigenvalue weighted by Gasteiger charge is 2.38. The molecule has 0 spiro atoms. The predicted molar refractivity (Wildman–Crippen MR) is 130 cm³/mol. The molecule has 0 aromatic rings. The molecule has 0 rings (SSSR count). The van der Waals surface area contributed by atoms with Gasteiger partial charge in [-0.25, -0.2) is 8.42 Å². The van der Waals surface area contributed by atoms with Crippen LogP contribution < -0.4 is 0 Å². The summed E-state index contributed by atoms with van der Waals surface area (Å²) >= 11 is 0. The summed E-state index contributed by atoms with van der Waals surface area (Å²) in [6, 6.07) is 0. The van der Waals surface area contributed by atoms with Gasteiger partial charge in [-0.2, -0.15) is 0 Å². The van der Waals surface area contributed by atoms with Gasteiger partial charge in [0.15, 0.2) is 5.37 Å². The Labute approximate surface area is 189 Å². The van der Waals surface area contributed by atoms with Gasteiger partial charge >= 0.3 is 0 Å². The van der Waals surface area contributed by atoms with Gasteiger partial charge in [-0.05, 0) is 25.7 Å². The third-order valence-corrected chi connectivity index (χ3v) is 8.11. The maximum absolute atomic E-state index is 12.1. The van der Waals surface area contributed by atoms with Crippen molar-refractivity contribution in [3.8, 4) is 0 Å². The van der Waals surface area contributed by atoms with Gasteiger partial charge in [-0.3, -0.25) is 0 Å². The lowest BCUT2D eigenvalue weighted by atomic mass is 10.0. The SMILES string of the molecule is CCCCCCCCCCCCCC[N+](CCCC)(CCCC)C(CC)S(=O)(=O)[O-]. The first-order valence-corrected chi connectivity index (χ1v) is 14.7. The van der Waals surface area contributed by atoms with E-state index in [1.54, 1.807) is 0 Å².